The van der Waals surface area contributed by atoms with E-state index >= 15 is 0 Å². The molecule has 1 fully saturated rings. The zero-order chi connectivity index (χ0) is 20.4. The van der Waals surface area contributed by atoms with Crippen molar-refractivity contribution in [1.29, 1.82) is 0 Å². The maximum atomic E-state index is 5.43. The van der Waals surface area contributed by atoms with E-state index < -0.39 is 0 Å². The minimum atomic E-state index is 0.306. The van der Waals surface area contributed by atoms with Gasteiger partial charge in [0, 0.05) is 33.9 Å². The minimum Gasteiger partial charge on any atom is -0.493 e. The fourth-order valence-electron chi connectivity index (χ4n) is 3.87. The lowest BCUT2D eigenvalue weighted by atomic mass is 9.83. The van der Waals surface area contributed by atoms with E-state index in [0.29, 0.717) is 29.2 Å². The highest BCUT2D eigenvalue weighted by Crippen LogP contribution is 2.40. The van der Waals surface area contributed by atoms with E-state index in [0.717, 1.165) is 31.1 Å². The number of aliphatic imine (C=N–C) groups is 1. The third-order valence-corrected chi connectivity index (χ3v) is 5.54. The fraction of sp³-hybridized carbons (Fsp3) is 0.667. The Morgan fingerprint density at radius 3 is 2.14 bits per heavy atom. The van der Waals surface area contributed by atoms with Crippen LogP contribution in [-0.4, -0.2) is 54.6 Å². The quantitative estimate of drug-likeness (QED) is 0.470. The Morgan fingerprint density at radius 1 is 1.00 bits per heavy atom. The van der Waals surface area contributed by atoms with E-state index in [4.69, 9.17) is 18.9 Å². The molecule has 7 heteroatoms. The predicted octanol–water partition coefficient (Wildman–Crippen LogP) is 2.97. The predicted molar refractivity (Wildman–Crippen MR) is 112 cm³/mol. The second-order valence-electron chi connectivity index (χ2n) is 7.26. The van der Waals surface area contributed by atoms with E-state index in [-0.39, 0.29) is 0 Å². The lowest BCUT2D eigenvalue weighted by Crippen LogP contribution is -2.43. The molecule has 0 unspecified atom stereocenters. The van der Waals surface area contributed by atoms with Gasteiger partial charge in [-0.3, -0.25) is 4.99 Å². The molecule has 158 valence electrons. The van der Waals surface area contributed by atoms with Crippen molar-refractivity contribution in [2.45, 2.75) is 38.6 Å². The van der Waals surface area contributed by atoms with Crippen LogP contribution < -0.4 is 24.8 Å². The maximum absolute atomic E-state index is 5.43. The summed E-state index contributed by atoms with van der Waals surface area (Å²) >= 11 is 0. The molecule has 0 aliphatic heterocycles. The maximum Gasteiger partial charge on any atom is 0.203 e. The molecule has 2 rings (SSSR count). The standard InChI is InChI=1S/C21H35N3O4/c1-22-20(24-15-21(10-11-25-2)8-6-7-9-21)23-14-16-12-17(26-3)19(28-5)18(13-16)27-4/h12-13H,6-11,14-15H2,1-5H3,(H2,22,23,24). The van der Waals surface area contributed by atoms with Gasteiger partial charge in [0.05, 0.1) is 21.3 Å². The summed E-state index contributed by atoms with van der Waals surface area (Å²) in [6.07, 6.45) is 6.16. The van der Waals surface area contributed by atoms with E-state index in [1.54, 1.807) is 35.5 Å². The highest BCUT2D eigenvalue weighted by atomic mass is 16.5. The van der Waals surface area contributed by atoms with Gasteiger partial charge in [0.15, 0.2) is 17.5 Å². The number of nitrogens with one attached hydrogen (secondary N) is 2. The lowest BCUT2D eigenvalue weighted by molar-refractivity contribution is 0.138. The van der Waals surface area contributed by atoms with Crippen LogP contribution in [0.25, 0.3) is 0 Å². The molecule has 0 heterocycles. The topological polar surface area (TPSA) is 73.3 Å². The summed E-state index contributed by atoms with van der Waals surface area (Å²) < 4.78 is 21.6. The Balaban J connectivity index is 1.98. The van der Waals surface area contributed by atoms with Crippen LogP contribution >= 0.6 is 0 Å². The molecule has 0 radical (unpaired) electrons. The highest BCUT2D eigenvalue weighted by molar-refractivity contribution is 5.79. The first-order valence-electron chi connectivity index (χ1n) is 9.83. The van der Waals surface area contributed by atoms with Crippen LogP contribution in [0.1, 0.15) is 37.7 Å². The summed E-state index contributed by atoms with van der Waals surface area (Å²) in [6, 6.07) is 3.89. The van der Waals surface area contributed by atoms with Gasteiger partial charge in [0.25, 0.3) is 0 Å². The molecular formula is C21H35N3O4. The van der Waals surface area contributed by atoms with E-state index in [1.807, 2.05) is 12.1 Å². The highest BCUT2D eigenvalue weighted by Gasteiger charge is 2.33. The number of ether oxygens (including phenoxy) is 4. The lowest BCUT2D eigenvalue weighted by Gasteiger charge is -2.30. The third-order valence-electron chi connectivity index (χ3n) is 5.54. The molecule has 7 nitrogen and oxygen atoms in total. The van der Waals surface area contributed by atoms with Gasteiger partial charge in [-0.15, -0.1) is 0 Å². The Labute approximate surface area is 168 Å². The van der Waals surface area contributed by atoms with Crippen molar-refractivity contribution in [2.24, 2.45) is 10.4 Å². The molecule has 28 heavy (non-hydrogen) atoms. The van der Waals surface area contributed by atoms with Gasteiger partial charge < -0.3 is 29.6 Å². The zero-order valence-electron chi connectivity index (χ0n) is 17.9. The molecule has 0 saturated heterocycles. The van der Waals surface area contributed by atoms with Crippen molar-refractivity contribution in [3.05, 3.63) is 17.7 Å². The summed E-state index contributed by atoms with van der Waals surface area (Å²) in [4.78, 5) is 4.37. The Morgan fingerprint density at radius 2 is 1.64 bits per heavy atom. The molecule has 2 N–H and O–H groups in total. The fourth-order valence-corrected chi connectivity index (χ4v) is 3.87. The van der Waals surface area contributed by atoms with Crippen LogP contribution in [-0.2, 0) is 11.3 Å². The van der Waals surface area contributed by atoms with Gasteiger partial charge in [-0.05, 0) is 42.4 Å². The van der Waals surface area contributed by atoms with Crippen molar-refractivity contribution in [1.82, 2.24) is 10.6 Å². The summed E-state index contributed by atoms with van der Waals surface area (Å²) in [5, 5.41) is 6.89. The summed E-state index contributed by atoms with van der Waals surface area (Å²) in [7, 11) is 8.41. The van der Waals surface area contributed by atoms with Gasteiger partial charge in [0.1, 0.15) is 0 Å². The number of methoxy groups -OCH3 is 4. The summed E-state index contributed by atoms with van der Waals surface area (Å²) in [5.41, 5.74) is 1.33. The molecule has 0 atom stereocenters. The first-order chi connectivity index (χ1) is 13.6. The Kier molecular flexibility index (Phi) is 8.70. The second-order valence-corrected chi connectivity index (χ2v) is 7.26. The smallest absolute Gasteiger partial charge is 0.203 e. The molecule has 1 aromatic rings. The zero-order valence-corrected chi connectivity index (χ0v) is 17.9. The van der Waals surface area contributed by atoms with Crippen molar-refractivity contribution in [3.63, 3.8) is 0 Å². The molecule has 0 amide bonds. The van der Waals surface area contributed by atoms with Gasteiger partial charge in [0.2, 0.25) is 5.75 Å². The normalized spacial score (nSPS) is 16.0. The number of hydrogen-bond donors (Lipinski definition) is 2. The van der Waals surface area contributed by atoms with Crippen molar-refractivity contribution in [2.75, 3.05) is 48.6 Å². The minimum absolute atomic E-state index is 0.306. The molecule has 1 saturated carbocycles. The average molecular weight is 394 g/mol. The van der Waals surface area contributed by atoms with Gasteiger partial charge in [-0.1, -0.05) is 12.8 Å². The van der Waals surface area contributed by atoms with Crippen LogP contribution in [0.15, 0.2) is 17.1 Å². The molecule has 1 aliphatic carbocycles. The molecule has 1 aliphatic rings. The molecular weight excluding hydrogens is 358 g/mol. The number of benzene rings is 1. The molecule has 0 bridgehead atoms. The van der Waals surface area contributed by atoms with Crippen LogP contribution in [0.2, 0.25) is 0 Å². The number of guanidine groups is 1. The molecule has 0 spiro atoms. The molecule has 1 aromatic carbocycles. The average Bonchev–Trinajstić information content (AvgIpc) is 3.20. The van der Waals surface area contributed by atoms with E-state index in [2.05, 4.69) is 15.6 Å². The summed E-state index contributed by atoms with van der Waals surface area (Å²) in [5.74, 6) is 2.67. The number of hydrogen-bond acceptors (Lipinski definition) is 5. The van der Waals surface area contributed by atoms with E-state index in [9.17, 15) is 0 Å². The van der Waals surface area contributed by atoms with Crippen LogP contribution in [0.3, 0.4) is 0 Å². The monoisotopic (exact) mass is 393 g/mol. The van der Waals surface area contributed by atoms with Gasteiger partial charge in [-0.2, -0.15) is 0 Å². The van der Waals surface area contributed by atoms with Crippen LogP contribution in [0, 0.1) is 5.41 Å². The van der Waals surface area contributed by atoms with Crippen molar-refractivity contribution >= 4 is 5.96 Å². The summed E-state index contributed by atoms with van der Waals surface area (Å²) in [6.45, 7) is 2.31. The van der Waals surface area contributed by atoms with Crippen LogP contribution in [0.5, 0.6) is 17.2 Å². The van der Waals surface area contributed by atoms with Gasteiger partial charge in [-0.25, -0.2) is 0 Å². The number of rotatable bonds is 10. The SMILES string of the molecule is CN=C(NCc1cc(OC)c(OC)c(OC)c1)NCC1(CCOC)CCCC1. The second kappa shape index (κ2) is 11.0. The van der Waals surface area contributed by atoms with E-state index in [1.165, 1.54) is 25.7 Å². The third kappa shape index (κ3) is 5.67. The van der Waals surface area contributed by atoms with Crippen molar-refractivity contribution < 1.29 is 18.9 Å². The van der Waals surface area contributed by atoms with Gasteiger partial charge >= 0.3 is 0 Å². The number of nitrogens with zero attached hydrogens (tertiary/aromatic N) is 1. The Hall–Kier alpha value is -2.15. The van der Waals surface area contributed by atoms with Crippen LogP contribution in [0.4, 0.5) is 0 Å². The largest absolute Gasteiger partial charge is 0.493 e. The molecule has 0 aromatic heterocycles. The Bertz CT molecular complexity index is 618. The first kappa shape index (κ1) is 22.1. The first-order valence-corrected chi connectivity index (χ1v) is 9.83. The van der Waals surface area contributed by atoms with Crippen molar-refractivity contribution in [3.8, 4) is 17.2 Å².